The van der Waals surface area contributed by atoms with Crippen molar-refractivity contribution in [3.05, 3.63) is 59.9 Å². The van der Waals surface area contributed by atoms with Crippen molar-refractivity contribution >= 4 is 11.8 Å². The SMILES string of the molecule is CN(C)CC(=O)N1CCCC(Cc2cccc(-c3cccc(F)c3)c2)(C(=O)NC2CC2)C1. The lowest BCUT2D eigenvalue weighted by Gasteiger charge is -2.42. The van der Waals surface area contributed by atoms with Gasteiger partial charge in [-0.2, -0.15) is 0 Å². The second-order valence-corrected chi connectivity index (χ2v) is 9.57. The van der Waals surface area contributed by atoms with Gasteiger partial charge in [-0.25, -0.2) is 4.39 Å². The number of hydrogen-bond acceptors (Lipinski definition) is 3. The first-order valence-electron chi connectivity index (χ1n) is 11.4. The van der Waals surface area contributed by atoms with Gasteiger partial charge in [0, 0.05) is 19.1 Å². The average Bonchev–Trinajstić information content (AvgIpc) is 3.57. The Morgan fingerprint density at radius 3 is 2.53 bits per heavy atom. The molecule has 6 heteroatoms. The van der Waals surface area contributed by atoms with E-state index in [1.807, 2.05) is 54.2 Å². The number of nitrogens with one attached hydrogen (secondary N) is 1. The lowest BCUT2D eigenvalue weighted by molar-refractivity contribution is -0.142. The molecule has 1 heterocycles. The summed E-state index contributed by atoms with van der Waals surface area (Å²) in [6.45, 7) is 1.46. The van der Waals surface area contributed by atoms with Gasteiger partial charge in [-0.15, -0.1) is 0 Å². The number of nitrogens with zero attached hydrogens (tertiary/aromatic N) is 2. The van der Waals surface area contributed by atoms with E-state index in [-0.39, 0.29) is 23.7 Å². The van der Waals surface area contributed by atoms with E-state index in [9.17, 15) is 14.0 Å². The highest BCUT2D eigenvalue weighted by atomic mass is 19.1. The monoisotopic (exact) mass is 437 g/mol. The third-order valence-corrected chi connectivity index (χ3v) is 6.40. The fourth-order valence-corrected chi connectivity index (χ4v) is 4.61. The summed E-state index contributed by atoms with van der Waals surface area (Å²) in [7, 11) is 3.76. The minimum atomic E-state index is -0.649. The summed E-state index contributed by atoms with van der Waals surface area (Å²) in [6, 6.07) is 14.8. The number of halogens is 1. The molecule has 0 aromatic heterocycles. The summed E-state index contributed by atoms with van der Waals surface area (Å²) < 4.78 is 13.7. The summed E-state index contributed by atoms with van der Waals surface area (Å²) in [4.78, 5) is 30.0. The Bertz CT molecular complexity index is 989. The van der Waals surface area contributed by atoms with Gasteiger partial charge in [-0.05, 0) is 75.0 Å². The standard InChI is InChI=1S/C26H32FN3O2/c1-29(2)17-24(31)30-13-5-12-26(18-30,25(32)28-23-10-11-23)16-19-6-3-7-20(14-19)21-8-4-9-22(27)15-21/h3-4,6-9,14-15,23H,5,10-13,16-18H2,1-2H3,(H,28,32). The number of piperidine rings is 1. The molecule has 1 saturated carbocycles. The molecule has 2 fully saturated rings. The summed E-state index contributed by atoms with van der Waals surface area (Å²) in [5, 5.41) is 3.20. The minimum Gasteiger partial charge on any atom is -0.353 e. The highest BCUT2D eigenvalue weighted by Crippen LogP contribution is 2.36. The molecule has 0 spiro atoms. The summed E-state index contributed by atoms with van der Waals surface area (Å²) >= 11 is 0. The van der Waals surface area contributed by atoms with Gasteiger partial charge in [0.05, 0.1) is 12.0 Å². The fraction of sp³-hybridized carbons (Fsp3) is 0.462. The molecule has 0 radical (unpaired) electrons. The van der Waals surface area contributed by atoms with E-state index in [4.69, 9.17) is 0 Å². The molecule has 32 heavy (non-hydrogen) atoms. The molecule has 2 aromatic carbocycles. The third kappa shape index (κ3) is 5.36. The zero-order valence-electron chi connectivity index (χ0n) is 18.9. The molecule has 1 atom stereocenters. The fourth-order valence-electron chi connectivity index (χ4n) is 4.61. The number of likely N-dealkylation sites (tertiary alicyclic amines) is 1. The van der Waals surface area contributed by atoms with Crippen LogP contribution in [0.2, 0.25) is 0 Å². The highest BCUT2D eigenvalue weighted by molar-refractivity contribution is 5.86. The summed E-state index contributed by atoms with van der Waals surface area (Å²) in [6.07, 6.45) is 4.17. The molecule has 0 bridgehead atoms. The van der Waals surface area contributed by atoms with E-state index in [2.05, 4.69) is 5.32 Å². The average molecular weight is 438 g/mol. The van der Waals surface area contributed by atoms with Crippen LogP contribution in [-0.4, -0.2) is 61.4 Å². The van der Waals surface area contributed by atoms with Gasteiger partial charge in [0.25, 0.3) is 0 Å². The largest absolute Gasteiger partial charge is 0.353 e. The number of carbonyl (C=O) groups excluding carboxylic acids is 2. The Balaban J connectivity index is 1.60. The molecule has 1 saturated heterocycles. The van der Waals surface area contributed by atoms with Gasteiger partial charge in [0.1, 0.15) is 5.82 Å². The van der Waals surface area contributed by atoms with Crippen LogP contribution < -0.4 is 5.32 Å². The van der Waals surface area contributed by atoms with E-state index in [1.165, 1.54) is 12.1 Å². The second-order valence-electron chi connectivity index (χ2n) is 9.57. The van der Waals surface area contributed by atoms with Crippen molar-refractivity contribution in [3.63, 3.8) is 0 Å². The molecule has 2 aliphatic rings. The summed E-state index contributed by atoms with van der Waals surface area (Å²) in [5.41, 5.74) is 2.12. The van der Waals surface area contributed by atoms with E-state index >= 15 is 0 Å². The normalized spacial score (nSPS) is 20.9. The van der Waals surface area contributed by atoms with E-state index in [0.29, 0.717) is 26.1 Å². The molecule has 1 unspecified atom stereocenters. The van der Waals surface area contributed by atoms with Crippen molar-refractivity contribution in [1.82, 2.24) is 15.1 Å². The molecular formula is C26H32FN3O2. The van der Waals surface area contributed by atoms with Crippen molar-refractivity contribution in [2.24, 2.45) is 5.41 Å². The molecule has 1 N–H and O–H groups in total. The highest BCUT2D eigenvalue weighted by Gasteiger charge is 2.44. The number of likely N-dealkylation sites (N-methyl/N-ethyl adjacent to an activating group) is 1. The van der Waals surface area contributed by atoms with Crippen LogP contribution in [0, 0.1) is 11.2 Å². The maximum atomic E-state index is 13.7. The lowest BCUT2D eigenvalue weighted by atomic mass is 9.74. The smallest absolute Gasteiger partial charge is 0.236 e. The molecule has 5 nitrogen and oxygen atoms in total. The van der Waals surface area contributed by atoms with Crippen LogP contribution in [0.25, 0.3) is 11.1 Å². The quantitative estimate of drug-likeness (QED) is 0.722. The van der Waals surface area contributed by atoms with Crippen molar-refractivity contribution in [2.45, 2.75) is 38.1 Å². The maximum absolute atomic E-state index is 13.7. The molecule has 2 amide bonds. The molecule has 1 aliphatic heterocycles. The molecule has 170 valence electrons. The van der Waals surface area contributed by atoms with E-state index < -0.39 is 5.41 Å². The van der Waals surface area contributed by atoms with Crippen molar-refractivity contribution in [3.8, 4) is 11.1 Å². The van der Waals surface area contributed by atoms with Gasteiger partial charge >= 0.3 is 0 Å². The van der Waals surface area contributed by atoms with Crippen LogP contribution >= 0.6 is 0 Å². The number of rotatable bonds is 7. The Kier molecular flexibility index (Phi) is 6.60. The van der Waals surface area contributed by atoms with Gasteiger partial charge < -0.3 is 15.1 Å². The van der Waals surface area contributed by atoms with Crippen LogP contribution in [-0.2, 0) is 16.0 Å². The van der Waals surface area contributed by atoms with Crippen LogP contribution in [0.4, 0.5) is 4.39 Å². The third-order valence-electron chi connectivity index (χ3n) is 6.40. The van der Waals surface area contributed by atoms with Crippen LogP contribution in [0.5, 0.6) is 0 Å². The molecule has 2 aromatic rings. The van der Waals surface area contributed by atoms with Gasteiger partial charge in [0.15, 0.2) is 0 Å². The van der Waals surface area contributed by atoms with Crippen LogP contribution in [0.3, 0.4) is 0 Å². The number of benzene rings is 2. The van der Waals surface area contributed by atoms with E-state index in [1.54, 1.807) is 6.07 Å². The van der Waals surface area contributed by atoms with Crippen molar-refractivity contribution < 1.29 is 14.0 Å². The maximum Gasteiger partial charge on any atom is 0.236 e. The second kappa shape index (κ2) is 9.41. The molecule has 4 rings (SSSR count). The first-order chi connectivity index (χ1) is 15.3. The Morgan fingerprint density at radius 1 is 1.12 bits per heavy atom. The Hall–Kier alpha value is -2.73. The van der Waals surface area contributed by atoms with E-state index in [0.717, 1.165) is 42.4 Å². The van der Waals surface area contributed by atoms with Gasteiger partial charge in [0.2, 0.25) is 11.8 Å². The zero-order valence-corrected chi connectivity index (χ0v) is 18.9. The molecular weight excluding hydrogens is 405 g/mol. The Morgan fingerprint density at radius 2 is 1.84 bits per heavy atom. The number of carbonyl (C=O) groups is 2. The number of amides is 2. The lowest BCUT2D eigenvalue weighted by Crippen LogP contribution is -2.55. The summed E-state index contributed by atoms with van der Waals surface area (Å²) in [5.74, 6) is -0.152. The predicted molar refractivity (Wildman–Crippen MR) is 124 cm³/mol. The van der Waals surface area contributed by atoms with Gasteiger partial charge in [-0.3, -0.25) is 9.59 Å². The van der Waals surface area contributed by atoms with Crippen molar-refractivity contribution in [2.75, 3.05) is 33.7 Å². The minimum absolute atomic E-state index is 0.0542. The van der Waals surface area contributed by atoms with Crippen LogP contribution in [0.15, 0.2) is 48.5 Å². The first kappa shape index (κ1) is 22.5. The predicted octanol–water partition coefficient (Wildman–Crippen LogP) is 3.48. The first-order valence-corrected chi connectivity index (χ1v) is 11.4. The van der Waals surface area contributed by atoms with Gasteiger partial charge in [-0.1, -0.05) is 36.4 Å². The topological polar surface area (TPSA) is 52.7 Å². The van der Waals surface area contributed by atoms with Crippen molar-refractivity contribution in [1.29, 1.82) is 0 Å². The Labute approximate surface area is 189 Å². The molecule has 1 aliphatic carbocycles. The number of hydrogen-bond donors (Lipinski definition) is 1. The zero-order chi connectivity index (χ0) is 22.7. The van der Waals surface area contributed by atoms with Crippen LogP contribution in [0.1, 0.15) is 31.2 Å².